The summed E-state index contributed by atoms with van der Waals surface area (Å²) in [6.45, 7) is 4.75. The van der Waals surface area contributed by atoms with Crippen molar-refractivity contribution in [2.24, 2.45) is 0 Å². The molecule has 0 radical (unpaired) electrons. The van der Waals surface area contributed by atoms with Gasteiger partial charge in [-0.3, -0.25) is 4.72 Å². The van der Waals surface area contributed by atoms with Crippen molar-refractivity contribution in [2.45, 2.75) is 22.9 Å². The van der Waals surface area contributed by atoms with Gasteiger partial charge in [-0.2, -0.15) is 13.2 Å². The Morgan fingerprint density at radius 2 is 1.58 bits per heavy atom. The quantitative estimate of drug-likeness (QED) is 0.264. The van der Waals surface area contributed by atoms with Gasteiger partial charge < -0.3 is 9.29 Å². The molecule has 0 fully saturated rings. The smallest absolute Gasteiger partial charge is 0.417 e. The summed E-state index contributed by atoms with van der Waals surface area (Å²) in [5, 5.41) is 0. The fraction of sp³-hybridized carbons (Fsp3) is 0.0870. The zero-order valence-corrected chi connectivity index (χ0v) is 20.0. The fourth-order valence-electron chi connectivity index (χ4n) is 3.03. The van der Waals surface area contributed by atoms with E-state index in [1.165, 1.54) is 36.4 Å². The number of halogens is 3. The SMILES string of the molecule is C=Cc1ccc(S(=O)(=O)Nc2ccc(C(=O)Oc3cc(C(F)(F)F)c(S(=O)(=O)[O-])cc3C)cc2)cc1. The highest BCUT2D eigenvalue weighted by atomic mass is 32.2. The number of rotatable bonds is 7. The van der Waals surface area contributed by atoms with Crippen molar-refractivity contribution < 1.29 is 44.1 Å². The van der Waals surface area contributed by atoms with Crippen molar-refractivity contribution in [1.29, 1.82) is 0 Å². The lowest BCUT2D eigenvalue weighted by Gasteiger charge is -2.18. The molecule has 0 saturated heterocycles. The molecule has 190 valence electrons. The second kappa shape index (κ2) is 9.76. The molecule has 0 heterocycles. The molecule has 0 amide bonds. The number of alkyl halides is 3. The normalized spacial score (nSPS) is 12.1. The topological polar surface area (TPSA) is 130 Å². The number of anilines is 1. The first-order valence-electron chi connectivity index (χ1n) is 9.87. The second-order valence-electron chi connectivity index (χ2n) is 7.41. The molecule has 0 atom stereocenters. The number of nitrogens with one attached hydrogen (secondary N) is 1. The number of hydrogen-bond donors (Lipinski definition) is 1. The van der Waals surface area contributed by atoms with Crippen molar-refractivity contribution in [3.63, 3.8) is 0 Å². The lowest BCUT2D eigenvalue weighted by molar-refractivity contribution is -0.140. The Kier molecular flexibility index (Phi) is 7.30. The van der Waals surface area contributed by atoms with Gasteiger partial charge in [-0.1, -0.05) is 24.8 Å². The average Bonchev–Trinajstić information content (AvgIpc) is 2.79. The first-order valence-corrected chi connectivity index (χ1v) is 12.8. The lowest BCUT2D eigenvalue weighted by atomic mass is 10.1. The first kappa shape index (κ1) is 26.9. The Labute approximate surface area is 204 Å². The van der Waals surface area contributed by atoms with E-state index in [9.17, 15) is 39.4 Å². The summed E-state index contributed by atoms with van der Waals surface area (Å²) >= 11 is 0. The van der Waals surface area contributed by atoms with Gasteiger partial charge in [0, 0.05) is 5.69 Å². The number of aryl methyl sites for hydroxylation is 1. The predicted octanol–water partition coefficient (Wildman–Crippen LogP) is 4.58. The zero-order chi connectivity index (χ0) is 26.9. The Balaban J connectivity index is 1.82. The third-order valence-electron chi connectivity index (χ3n) is 4.85. The molecule has 0 bridgehead atoms. The summed E-state index contributed by atoms with van der Waals surface area (Å²) in [5.74, 6) is -1.70. The maximum Gasteiger partial charge on any atom is 0.417 e. The Morgan fingerprint density at radius 1 is 1.00 bits per heavy atom. The number of sulfonamides is 1. The third kappa shape index (κ3) is 6.11. The van der Waals surface area contributed by atoms with E-state index in [1.807, 2.05) is 0 Å². The second-order valence-corrected chi connectivity index (χ2v) is 10.4. The molecule has 8 nitrogen and oxygen atoms in total. The van der Waals surface area contributed by atoms with Gasteiger partial charge in [0.1, 0.15) is 15.9 Å². The Hall–Kier alpha value is -3.68. The predicted molar refractivity (Wildman–Crippen MR) is 123 cm³/mol. The van der Waals surface area contributed by atoms with Gasteiger partial charge in [0.15, 0.2) is 0 Å². The van der Waals surface area contributed by atoms with Gasteiger partial charge >= 0.3 is 12.1 Å². The lowest BCUT2D eigenvalue weighted by Crippen LogP contribution is -2.16. The van der Waals surface area contributed by atoms with E-state index in [0.717, 1.165) is 12.5 Å². The number of carbonyl (C=O) groups is 1. The standard InChI is InChI=1S/C23H18F3NO7S2/c1-3-15-4-10-18(11-5-15)35(29,30)27-17-8-6-16(7-9-17)22(28)34-20-13-19(23(24,25)26)21(12-14(20)2)36(31,32)33/h3-13,27H,1H2,2H3,(H,31,32,33)/p-1. The van der Waals surface area contributed by atoms with E-state index in [1.54, 1.807) is 18.2 Å². The van der Waals surface area contributed by atoms with E-state index >= 15 is 0 Å². The maximum atomic E-state index is 13.3. The van der Waals surface area contributed by atoms with Crippen LogP contribution in [0.2, 0.25) is 0 Å². The monoisotopic (exact) mass is 540 g/mol. The molecule has 13 heteroatoms. The van der Waals surface area contributed by atoms with Crippen molar-refractivity contribution in [3.05, 3.63) is 89.5 Å². The van der Waals surface area contributed by atoms with E-state index in [0.29, 0.717) is 6.07 Å². The maximum absolute atomic E-state index is 13.3. The third-order valence-corrected chi connectivity index (χ3v) is 7.13. The number of carbonyl (C=O) groups excluding carboxylic acids is 1. The van der Waals surface area contributed by atoms with Crippen LogP contribution >= 0.6 is 0 Å². The minimum absolute atomic E-state index is 0.0175. The van der Waals surface area contributed by atoms with E-state index < -0.39 is 48.5 Å². The van der Waals surface area contributed by atoms with Crippen molar-refractivity contribution >= 4 is 37.9 Å². The van der Waals surface area contributed by atoms with Crippen LogP contribution in [0, 0.1) is 6.92 Å². The highest BCUT2D eigenvalue weighted by molar-refractivity contribution is 7.92. The summed E-state index contributed by atoms with van der Waals surface area (Å²) < 4.78 is 106. The largest absolute Gasteiger partial charge is 0.744 e. The minimum atomic E-state index is -5.45. The van der Waals surface area contributed by atoms with Crippen LogP contribution in [0.25, 0.3) is 6.08 Å². The van der Waals surface area contributed by atoms with Crippen LogP contribution in [-0.2, 0) is 26.3 Å². The molecular formula is C23H17F3NO7S2-. The molecular weight excluding hydrogens is 523 g/mol. The number of benzene rings is 3. The number of esters is 1. The highest BCUT2D eigenvalue weighted by Crippen LogP contribution is 2.38. The van der Waals surface area contributed by atoms with Gasteiger partial charge in [0.2, 0.25) is 0 Å². The van der Waals surface area contributed by atoms with Crippen LogP contribution in [0.4, 0.5) is 18.9 Å². The number of ether oxygens (including phenoxy) is 1. The summed E-state index contributed by atoms with van der Waals surface area (Å²) in [6, 6.07) is 11.5. The summed E-state index contributed by atoms with van der Waals surface area (Å²) in [5.41, 5.74) is -1.28. The van der Waals surface area contributed by atoms with Gasteiger partial charge in [0.25, 0.3) is 10.0 Å². The summed E-state index contributed by atoms with van der Waals surface area (Å²) in [7, 11) is -9.39. The molecule has 3 rings (SSSR count). The molecule has 0 aromatic heterocycles. The van der Waals surface area contributed by atoms with Crippen molar-refractivity contribution in [1.82, 2.24) is 0 Å². The molecule has 3 aromatic rings. The van der Waals surface area contributed by atoms with Crippen LogP contribution in [0.5, 0.6) is 5.75 Å². The molecule has 0 unspecified atom stereocenters. The molecule has 0 spiro atoms. The van der Waals surface area contributed by atoms with Gasteiger partial charge in [-0.15, -0.1) is 0 Å². The zero-order valence-electron chi connectivity index (χ0n) is 18.4. The molecule has 0 aliphatic rings. The summed E-state index contributed by atoms with van der Waals surface area (Å²) in [4.78, 5) is 11.0. The van der Waals surface area contributed by atoms with Gasteiger partial charge in [-0.05, 0) is 66.6 Å². The first-order chi connectivity index (χ1) is 16.6. The summed E-state index contributed by atoms with van der Waals surface area (Å²) in [6.07, 6.45) is -3.65. The van der Waals surface area contributed by atoms with E-state index in [-0.39, 0.29) is 27.8 Å². The van der Waals surface area contributed by atoms with Gasteiger partial charge in [-0.25, -0.2) is 21.6 Å². The van der Waals surface area contributed by atoms with E-state index in [4.69, 9.17) is 4.74 Å². The number of hydrogen-bond acceptors (Lipinski definition) is 7. The molecule has 36 heavy (non-hydrogen) atoms. The van der Waals surface area contributed by atoms with Crippen LogP contribution in [0.1, 0.15) is 27.0 Å². The Morgan fingerprint density at radius 3 is 2.08 bits per heavy atom. The highest BCUT2D eigenvalue weighted by Gasteiger charge is 2.36. The molecule has 0 aliphatic carbocycles. The van der Waals surface area contributed by atoms with Crippen molar-refractivity contribution in [2.75, 3.05) is 4.72 Å². The van der Waals surface area contributed by atoms with E-state index in [2.05, 4.69) is 11.3 Å². The average molecular weight is 541 g/mol. The molecule has 0 saturated carbocycles. The van der Waals surface area contributed by atoms with Crippen LogP contribution in [0.3, 0.4) is 0 Å². The van der Waals surface area contributed by atoms with Crippen LogP contribution in [-0.4, -0.2) is 27.4 Å². The molecule has 3 aromatic carbocycles. The fourth-order valence-corrected chi connectivity index (χ4v) is 4.85. The molecule has 1 N–H and O–H groups in total. The molecule has 0 aliphatic heterocycles. The van der Waals surface area contributed by atoms with Crippen LogP contribution in [0.15, 0.2) is 77.0 Å². The van der Waals surface area contributed by atoms with Crippen LogP contribution < -0.4 is 9.46 Å². The van der Waals surface area contributed by atoms with Gasteiger partial charge in [0.05, 0.1) is 20.9 Å². The van der Waals surface area contributed by atoms with Crippen molar-refractivity contribution in [3.8, 4) is 5.75 Å². The minimum Gasteiger partial charge on any atom is -0.744 e. The Bertz CT molecular complexity index is 1530.